The Hall–Kier alpha value is -1.76. The molecule has 7 heteroatoms. The topological polar surface area (TPSA) is 78.1 Å². The van der Waals surface area contributed by atoms with Crippen LogP contribution in [0.4, 0.5) is 0 Å². The molecule has 78 valence electrons. The van der Waals surface area contributed by atoms with Gasteiger partial charge in [-0.2, -0.15) is 5.10 Å². The van der Waals surface area contributed by atoms with Gasteiger partial charge in [-0.3, -0.25) is 4.79 Å². The zero-order valence-electron chi connectivity index (χ0n) is 8.12. The van der Waals surface area contributed by atoms with Gasteiger partial charge in [-0.25, -0.2) is 9.36 Å². The Morgan fingerprint density at radius 3 is 3.20 bits per heavy atom. The lowest BCUT2D eigenvalue weighted by molar-refractivity contribution is 0.364. The van der Waals surface area contributed by atoms with Gasteiger partial charge in [0.05, 0.1) is 19.3 Å². The van der Waals surface area contributed by atoms with Crippen LogP contribution in [0, 0.1) is 0 Å². The van der Waals surface area contributed by atoms with E-state index in [1.54, 1.807) is 7.05 Å². The normalized spacial score (nSPS) is 19.7. The molecule has 2 aromatic heterocycles. The van der Waals surface area contributed by atoms with E-state index in [-0.39, 0.29) is 11.7 Å². The fourth-order valence-electron chi connectivity index (χ4n) is 1.46. The molecule has 1 aliphatic heterocycles. The second-order valence-electron chi connectivity index (χ2n) is 3.54. The number of aryl methyl sites for hydroxylation is 1. The van der Waals surface area contributed by atoms with Crippen molar-refractivity contribution < 1.29 is 4.74 Å². The van der Waals surface area contributed by atoms with Crippen molar-refractivity contribution in [2.75, 3.05) is 6.61 Å². The van der Waals surface area contributed by atoms with E-state index in [0.717, 1.165) is 0 Å². The number of nitrogens with zero attached hydrogens (tertiary/aromatic N) is 5. The lowest BCUT2D eigenvalue weighted by atomic mass is 10.4. The molecule has 1 fully saturated rings. The smallest absolute Gasteiger partial charge is 0.280 e. The largest absolute Gasteiger partial charge is 0.371 e. The number of hydrogen-bond acceptors (Lipinski definition) is 5. The van der Waals surface area contributed by atoms with Gasteiger partial charge in [0.25, 0.3) is 5.56 Å². The summed E-state index contributed by atoms with van der Waals surface area (Å²) in [4.78, 5) is 11.9. The highest BCUT2D eigenvalue weighted by atomic mass is 16.6. The maximum atomic E-state index is 11.9. The third kappa shape index (κ3) is 1.32. The summed E-state index contributed by atoms with van der Waals surface area (Å²) in [6.07, 6.45) is 1.63. The maximum Gasteiger partial charge on any atom is 0.280 e. The highest BCUT2D eigenvalue weighted by molar-refractivity contribution is 5.72. The summed E-state index contributed by atoms with van der Waals surface area (Å²) in [6, 6.07) is 0. The van der Waals surface area contributed by atoms with Crippen molar-refractivity contribution in [1.29, 1.82) is 0 Å². The van der Waals surface area contributed by atoms with E-state index < -0.39 is 0 Å². The monoisotopic (exact) mass is 207 g/mol. The average Bonchev–Trinajstić information content (AvgIpc) is 2.95. The second kappa shape index (κ2) is 2.86. The molecule has 7 nitrogen and oxygen atoms in total. The molecular formula is C8H9N5O2. The van der Waals surface area contributed by atoms with E-state index >= 15 is 0 Å². The molecule has 0 radical (unpaired) electrons. The quantitative estimate of drug-likeness (QED) is 0.585. The minimum absolute atomic E-state index is 0.117. The first-order chi connectivity index (χ1) is 7.25. The van der Waals surface area contributed by atoms with Gasteiger partial charge in [-0.15, -0.1) is 5.10 Å². The van der Waals surface area contributed by atoms with Crippen LogP contribution in [0.1, 0.15) is 0 Å². The SMILES string of the molecule is Cn1ncc2c(=O)n(C[C@@H]3CO3)nnc21. The van der Waals surface area contributed by atoms with E-state index in [2.05, 4.69) is 15.4 Å². The number of hydrogen-bond donors (Lipinski definition) is 0. The summed E-state index contributed by atoms with van der Waals surface area (Å²) in [6.45, 7) is 1.16. The van der Waals surface area contributed by atoms with Crippen LogP contribution in [0.3, 0.4) is 0 Å². The fraction of sp³-hybridized carbons (Fsp3) is 0.500. The van der Waals surface area contributed by atoms with Crippen LogP contribution in [-0.4, -0.2) is 37.5 Å². The van der Waals surface area contributed by atoms with Gasteiger partial charge in [0.1, 0.15) is 11.5 Å². The van der Waals surface area contributed by atoms with Gasteiger partial charge in [-0.05, 0) is 0 Å². The summed E-state index contributed by atoms with van der Waals surface area (Å²) in [5.74, 6) is 0. The standard InChI is InChI=1S/C8H9N5O2/c1-12-7-6(2-9-12)8(14)13(11-10-7)3-5-4-15-5/h2,5H,3-4H2,1H3/t5-/m1/s1. The highest BCUT2D eigenvalue weighted by Gasteiger charge is 2.24. The Balaban J connectivity index is 2.16. The van der Waals surface area contributed by atoms with Gasteiger partial charge in [0.15, 0.2) is 5.65 Å². The van der Waals surface area contributed by atoms with E-state index in [1.807, 2.05) is 0 Å². The first-order valence-electron chi connectivity index (χ1n) is 4.63. The number of ether oxygens (including phenoxy) is 1. The van der Waals surface area contributed by atoms with Gasteiger partial charge in [0.2, 0.25) is 0 Å². The minimum Gasteiger partial charge on any atom is -0.371 e. The second-order valence-corrected chi connectivity index (χ2v) is 3.54. The summed E-state index contributed by atoms with van der Waals surface area (Å²) in [7, 11) is 1.73. The Morgan fingerprint density at radius 1 is 1.67 bits per heavy atom. The number of fused-ring (bicyclic) bond motifs is 1. The molecule has 0 unspecified atom stereocenters. The molecule has 0 saturated carbocycles. The average molecular weight is 207 g/mol. The van der Waals surface area contributed by atoms with Crippen molar-refractivity contribution in [3.63, 3.8) is 0 Å². The molecule has 3 heterocycles. The number of rotatable bonds is 2. The first kappa shape index (κ1) is 8.54. The summed E-state index contributed by atoms with van der Waals surface area (Å²) < 4.78 is 7.89. The van der Waals surface area contributed by atoms with Crippen molar-refractivity contribution in [2.24, 2.45) is 7.05 Å². The van der Waals surface area contributed by atoms with Crippen LogP contribution < -0.4 is 5.56 Å². The van der Waals surface area contributed by atoms with Crippen molar-refractivity contribution in [3.05, 3.63) is 16.6 Å². The molecule has 15 heavy (non-hydrogen) atoms. The molecule has 1 atom stereocenters. The molecule has 0 N–H and O–H groups in total. The minimum atomic E-state index is -0.163. The van der Waals surface area contributed by atoms with Gasteiger partial charge in [-0.1, -0.05) is 5.21 Å². The zero-order valence-corrected chi connectivity index (χ0v) is 8.12. The molecule has 0 spiro atoms. The fourth-order valence-corrected chi connectivity index (χ4v) is 1.46. The highest BCUT2D eigenvalue weighted by Crippen LogP contribution is 2.10. The van der Waals surface area contributed by atoms with Crippen LogP contribution in [0.2, 0.25) is 0 Å². The predicted molar refractivity (Wildman–Crippen MR) is 50.3 cm³/mol. The molecule has 3 rings (SSSR count). The Bertz CT molecular complexity index is 568. The molecule has 1 saturated heterocycles. The van der Waals surface area contributed by atoms with Crippen molar-refractivity contribution >= 4 is 11.0 Å². The van der Waals surface area contributed by atoms with Crippen LogP contribution in [0.5, 0.6) is 0 Å². The van der Waals surface area contributed by atoms with Gasteiger partial charge in [0, 0.05) is 7.05 Å². The molecule has 0 amide bonds. The molecule has 2 aromatic rings. The van der Waals surface area contributed by atoms with E-state index in [4.69, 9.17) is 4.74 Å². The Kier molecular flexibility index (Phi) is 1.63. The Labute approximate surface area is 84.3 Å². The molecule has 1 aliphatic rings. The lowest BCUT2D eigenvalue weighted by Gasteiger charge is -1.99. The molecule has 0 aliphatic carbocycles. The Morgan fingerprint density at radius 2 is 2.47 bits per heavy atom. The van der Waals surface area contributed by atoms with Gasteiger partial charge >= 0.3 is 0 Å². The van der Waals surface area contributed by atoms with E-state index in [9.17, 15) is 4.79 Å². The maximum absolute atomic E-state index is 11.9. The van der Waals surface area contributed by atoms with Crippen LogP contribution in [0.25, 0.3) is 11.0 Å². The van der Waals surface area contributed by atoms with Gasteiger partial charge < -0.3 is 4.74 Å². The van der Waals surface area contributed by atoms with E-state index in [0.29, 0.717) is 24.2 Å². The van der Waals surface area contributed by atoms with E-state index in [1.165, 1.54) is 15.6 Å². The molecule has 0 bridgehead atoms. The number of aromatic nitrogens is 5. The molecule has 0 aromatic carbocycles. The first-order valence-corrected chi connectivity index (χ1v) is 4.63. The van der Waals surface area contributed by atoms with Crippen molar-refractivity contribution in [2.45, 2.75) is 12.6 Å². The number of epoxide rings is 1. The lowest BCUT2D eigenvalue weighted by Crippen LogP contribution is -2.26. The molecular weight excluding hydrogens is 198 g/mol. The third-order valence-electron chi connectivity index (χ3n) is 2.40. The van der Waals surface area contributed by atoms with Crippen LogP contribution in [0.15, 0.2) is 11.0 Å². The predicted octanol–water partition coefficient (Wildman–Crippen LogP) is -1.08. The summed E-state index contributed by atoms with van der Waals surface area (Å²) >= 11 is 0. The summed E-state index contributed by atoms with van der Waals surface area (Å²) in [5.41, 5.74) is 0.344. The zero-order chi connectivity index (χ0) is 10.4. The van der Waals surface area contributed by atoms with Crippen molar-refractivity contribution in [1.82, 2.24) is 24.8 Å². The third-order valence-corrected chi connectivity index (χ3v) is 2.40. The van der Waals surface area contributed by atoms with Crippen molar-refractivity contribution in [3.8, 4) is 0 Å². The van der Waals surface area contributed by atoms with Crippen LogP contribution in [-0.2, 0) is 18.3 Å². The summed E-state index contributed by atoms with van der Waals surface area (Å²) in [5, 5.41) is 12.2. The van der Waals surface area contributed by atoms with Crippen LogP contribution >= 0.6 is 0 Å².